The molecule has 0 atom stereocenters. The SMILES string of the molecule is CCOc1ccc(S(=O)(=O)Cl)cc1-c1ccccc1. The number of benzene rings is 2. The zero-order chi connectivity index (χ0) is 13.9. The number of rotatable bonds is 4. The van der Waals surface area contributed by atoms with E-state index in [1.165, 1.54) is 12.1 Å². The Hall–Kier alpha value is -1.52. The van der Waals surface area contributed by atoms with Gasteiger partial charge in [0.25, 0.3) is 9.05 Å². The third kappa shape index (κ3) is 3.28. The molecule has 0 spiro atoms. The summed E-state index contributed by atoms with van der Waals surface area (Å²) < 4.78 is 28.3. The molecular weight excluding hydrogens is 284 g/mol. The molecule has 0 aliphatic carbocycles. The van der Waals surface area contributed by atoms with Crippen molar-refractivity contribution >= 4 is 19.7 Å². The Morgan fingerprint density at radius 3 is 2.37 bits per heavy atom. The molecular formula is C14H13ClO3S. The topological polar surface area (TPSA) is 43.4 Å². The van der Waals surface area contributed by atoms with E-state index in [1.54, 1.807) is 6.07 Å². The lowest BCUT2D eigenvalue weighted by Crippen LogP contribution is -1.97. The maximum absolute atomic E-state index is 11.4. The van der Waals surface area contributed by atoms with Gasteiger partial charge in [0, 0.05) is 16.2 Å². The van der Waals surface area contributed by atoms with Gasteiger partial charge < -0.3 is 4.74 Å². The van der Waals surface area contributed by atoms with E-state index < -0.39 is 9.05 Å². The molecule has 0 heterocycles. The minimum Gasteiger partial charge on any atom is -0.493 e. The maximum Gasteiger partial charge on any atom is 0.261 e. The van der Waals surface area contributed by atoms with Gasteiger partial charge in [-0.1, -0.05) is 30.3 Å². The summed E-state index contributed by atoms with van der Waals surface area (Å²) in [5.41, 5.74) is 1.59. The molecule has 0 fully saturated rings. The van der Waals surface area contributed by atoms with Gasteiger partial charge in [-0.2, -0.15) is 0 Å². The molecule has 0 unspecified atom stereocenters. The van der Waals surface area contributed by atoms with Gasteiger partial charge in [0.15, 0.2) is 0 Å². The highest BCUT2D eigenvalue weighted by molar-refractivity contribution is 8.13. The fourth-order valence-corrected chi connectivity index (χ4v) is 2.56. The number of halogens is 1. The van der Waals surface area contributed by atoms with Crippen molar-refractivity contribution in [3.8, 4) is 16.9 Å². The molecule has 2 rings (SSSR count). The Balaban J connectivity index is 2.61. The van der Waals surface area contributed by atoms with Crippen LogP contribution in [0, 0.1) is 0 Å². The van der Waals surface area contributed by atoms with Gasteiger partial charge in [-0.3, -0.25) is 0 Å². The predicted molar refractivity (Wildman–Crippen MR) is 76.1 cm³/mol. The number of ether oxygens (including phenoxy) is 1. The van der Waals surface area contributed by atoms with Crippen molar-refractivity contribution in [2.24, 2.45) is 0 Å². The second-order valence-electron chi connectivity index (χ2n) is 3.89. The Bertz CT molecular complexity index is 666. The summed E-state index contributed by atoms with van der Waals surface area (Å²) in [6, 6.07) is 14.0. The molecule has 0 saturated carbocycles. The average molecular weight is 297 g/mol. The van der Waals surface area contributed by atoms with E-state index in [-0.39, 0.29) is 4.90 Å². The van der Waals surface area contributed by atoms with Crippen LogP contribution in [0.3, 0.4) is 0 Å². The van der Waals surface area contributed by atoms with Crippen LogP contribution in [0.1, 0.15) is 6.92 Å². The van der Waals surface area contributed by atoms with Gasteiger partial charge in [-0.05, 0) is 30.7 Å². The van der Waals surface area contributed by atoms with Crippen molar-refractivity contribution in [1.82, 2.24) is 0 Å². The van der Waals surface area contributed by atoms with Crippen molar-refractivity contribution in [3.05, 3.63) is 48.5 Å². The summed E-state index contributed by atoms with van der Waals surface area (Å²) in [7, 11) is 1.63. The first-order chi connectivity index (χ1) is 9.02. The van der Waals surface area contributed by atoms with E-state index in [1.807, 2.05) is 37.3 Å². The molecule has 0 bridgehead atoms. The first-order valence-electron chi connectivity index (χ1n) is 5.79. The lowest BCUT2D eigenvalue weighted by atomic mass is 10.0. The first-order valence-corrected chi connectivity index (χ1v) is 8.10. The van der Waals surface area contributed by atoms with E-state index in [0.29, 0.717) is 17.9 Å². The highest BCUT2D eigenvalue weighted by Crippen LogP contribution is 2.33. The maximum atomic E-state index is 11.4. The quantitative estimate of drug-likeness (QED) is 0.808. The smallest absolute Gasteiger partial charge is 0.261 e. The lowest BCUT2D eigenvalue weighted by molar-refractivity contribution is 0.341. The van der Waals surface area contributed by atoms with Gasteiger partial charge in [0.2, 0.25) is 0 Å². The third-order valence-electron chi connectivity index (χ3n) is 2.62. The van der Waals surface area contributed by atoms with Crippen LogP contribution in [0.4, 0.5) is 0 Å². The predicted octanol–water partition coefficient (Wildman–Crippen LogP) is 3.68. The fourth-order valence-electron chi connectivity index (χ4n) is 1.79. The number of hydrogen-bond donors (Lipinski definition) is 0. The van der Waals surface area contributed by atoms with Crippen molar-refractivity contribution in [2.75, 3.05) is 6.61 Å². The standard InChI is InChI=1S/C14H13ClO3S/c1-2-18-14-9-8-12(19(15,16)17)10-13(14)11-6-4-3-5-7-11/h3-10H,2H2,1H3. The lowest BCUT2D eigenvalue weighted by Gasteiger charge is -2.11. The van der Waals surface area contributed by atoms with Crippen LogP contribution in [0.15, 0.2) is 53.4 Å². The van der Waals surface area contributed by atoms with Crippen molar-refractivity contribution in [2.45, 2.75) is 11.8 Å². The van der Waals surface area contributed by atoms with Crippen LogP contribution in [0.25, 0.3) is 11.1 Å². The van der Waals surface area contributed by atoms with E-state index in [0.717, 1.165) is 5.56 Å². The zero-order valence-corrected chi connectivity index (χ0v) is 11.9. The van der Waals surface area contributed by atoms with Gasteiger partial charge in [-0.25, -0.2) is 8.42 Å². The minimum absolute atomic E-state index is 0.0662. The zero-order valence-electron chi connectivity index (χ0n) is 10.3. The highest BCUT2D eigenvalue weighted by Gasteiger charge is 2.14. The van der Waals surface area contributed by atoms with Gasteiger partial charge in [0.1, 0.15) is 5.75 Å². The van der Waals surface area contributed by atoms with Crippen molar-refractivity contribution < 1.29 is 13.2 Å². The Morgan fingerprint density at radius 2 is 1.79 bits per heavy atom. The highest BCUT2D eigenvalue weighted by atomic mass is 35.7. The summed E-state index contributed by atoms with van der Waals surface area (Å²) in [4.78, 5) is 0.0662. The van der Waals surface area contributed by atoms with E-state index in [2.05, 4.69) is 0 Å². The average Bonchev–Trinajstić information content (AvgIpc) is 2.39. The second kappa shape index (κ2) is 5.63. The molecule has 0 saturated heterocycles. The van der Waals surface area contributed by atoms with Crippen molar-refractivity contribution in [3.63, 3.8) is 0 Å². The van der Waals surface area contributed by atoms with Crippen LogP contribution in [-0.2, 0) is 9.05 Å². The molecule has 0 aliphatic rings. The van der Waals surface area contributed by atoms with Gasteiger partial charge >= 0.3 is 0 Å². The molecule has 0 aliphatic heterocycles. The van der Waals surface area contributed by atoms with Crippen LogP contribution >= 0.6 is 10.7 Å². The summed E-state index contributed by atoms with van der Waals surface area (Å²) in [6.45, 7) is 2.38. The summed E-state index contributed by atoms with van der Waals surface area (Å²) in [5.74, 6) is 0.637. The molecule has 2 aromatic rings. The number of hydrogen-bond acceptors (Lipinski definition) is 3. The van der Waals surface area contributed by atoms with E-state index in [9.17, 15) is 8.42 Å². The molecule has 5 heteroatoms. The second-order valence-corrected chi connectivity index (χ2v) is 6.46. The largest absolute Gasteiger partial charge is 0.493 e. The van der Waals surface area contributed by atoms with Crippen LogP contribution < -0.4 is 4.74 Å². The molecule has 0 aromatic heterocycles. The van der Waals surface area contributed by atoms with Gasteiger partial charge in [0.05, 0.1) is 11.5 Å². The molecule has 2 aromatic carbocycles. The van der Waals surface area contributed by atoms with Gasteiger partial charge in [-0.15, -0.1) is 0 Å². The minimum atomic E-state index is -3.75. The summed E-state index contributed by atoms with van der Waals surface area (Å²) in [6.07, 6.45) is 0. The molecule has 19 heavy (non-hydrogen) atoms. The normalized spacial score (nSPS) is 11.3. The molecule has 0 amide bonds. The molecule has 3 nitrogen and oxygen atoms in total. The summed E-state index contributed by atoms with van der Waals surface area (Å²) in [5, 5.41) is 0. The van der Waals surface area contributed by atoms with E-state index in [4.69, 9.17) is 15.4 Å². The Labute approximate surface area is 117 Å². The van der Waals surface area contributed by atoms with Crippen molar-refractivity contribution in [1.29, 1.82) is 0 Å². The summed E-state index contributed by atoms with van der Waals surface area (Å²) >= 11 is 0. The molecule has 100 valence electrons. The third-order valence-corrected chi connectivity index (χ3v) is 3.97. The van der Waals surface area contributed by atoms with Crippen LogP contribution in [-0.4, -0.2) is 15.0 Å². The fraction of sp³-hybridized carbons (Fsp3) is 0.143. The molecule has 0 N–H and O–H groups in total. The molecule has 0 radical (unpaired) electrons. The monoisotopic (exact) mass is 296 g/mol. The first kappa shape index (κ1) is 13.9. The van der Waals surface area contributed by atoms with Crippen LogP contribution in [0.2, 0.25) is 0 Å². The Morgan fingerprint density at radius 1 is 1.11 bits per heavy atom. The van der Waals surface area contributed by atoms with E-state index >= 15 is 0 Å². The van der Waals surface area contributed by atoms with Crippen LogP contribution in [0.5, 0.6) is 5.75 Å². The Kier molecular flexibility index (Phi) is 4.12.